The first kappa shape index (κ1) is 22.3. The van der Waals surface area contributed by atoms with E-state index in [9.17, 15) is 0 Å². The van der Waals surface area contributed by atoms with E-state index >= 15 is 0 Å². The molecule has 0 spiro atoms. The number of benzene rings is 5. The van der Waals surface area contributed by atoms with Crippen LogP contribution >= 0.6 is 0 Å². The summed E-state index contributed by atoms with van der Waals surface area (Å²) in [6, 6.07) is 39.8. The van der Waals surface area contributed by atoms with E-state index in [0.29, 0.717) is 0 Å². The molecule has 7 aromatic rings. The molecule has 9 rings (SSSR count). The van der Waals surface area contributed by atoms with E-state index in [1.54, 1.807) is 6.20 Å². The predicted octanol–water partition coefficient (Wildman–Crippen LogP) is 8.28. The van der Waals surface area contributed by atoms with Crippen LogP contribution in [0.3, 0.4) is 0 Å². The third kappa shape index (κ3) is 3.33. The number of fused-ring (bicyclic) bond motifs is 6. The van der Waals surface area contributed by atoms with Crippen LogP contribution in [-0.4, -0.2) is 16.7 Å². The van der Waals surface area contributed by atoms with Crippen molar-refractivity contribution in [3.63, 3.8) is 0 Å². The SMILES string of the molecule is c1ccc(C2N=C(c3cc4c5c(cccc5c3)-c3ccccc3-4)NC(c3cccc4oc5cccnc5c34)=N2)cc1. The lowest BCUT2D eigenvalue weighted by molar-refractivity contribution is 0.668. The molecule has 2 aromatic heterocycles. The summed E-state index contributed by atoms with van der Waals surface area (Å²) < 4.78 is 6.15. The second-order valence-corrected chi connectivity index (χ2v) is 10.5. The van der Waals surface area contributed by atoms with Crippen LogP contribution in [0.25, 0.3) is 55.1 Å². The average Bonchev–Trinajstić information content (AvgIpc) is 3.58. The quantitative estimate of drug-likeness (QED) is 0.252. The lowest BCUT2D eigenvalue weighted by atomic mass is 9.98. The van der Waals surface area contributed by atoms with Crippen molar-refractivity contribution in [3.05, 3.63) is 138 Å². The molecule has 1 aliphatic heterocycles. The van der Waals surface area contributed by atoms with E-state index in [-0.39, 0.29) is 0 Å². The van der Waals surface area contributed by atoms with Gasteiger partial charge in [0.25, 0.3) is 0 Å². The van der Waals surface area contributed by atoms with Gasteiger partial charge < -0.3 is 9.73 Å². The summed E-state index contributed by atoms with van der Waals surface area (Å²) in [5.41, 5.74) is 10.4. The van der Waals surface area contributed by atoms with Crippen molar-refractivity contribution in [1.29, 1.82) is 0 Å². The van der Waals surface area contributed by atoms with Gasteiger partial charge in [0.2, 0.25) is 0 Å². The number of aliphatic imine (C=N–C) groups is 2. The normalized spacial score (nSPS) is 15.6. The molecule has 1 aliphatic carbocycles. The van der Waals surface area contributed by atoms with Gasteiger partial charge in [-0.05, 0) is 68.9 Å². The highest BCUT2D eigenvalue weighted by Crippen LogP contribution is 2.47. The standard InChI is InChI=1S/C36H22N4O/c1-2-9-21(10-3-1)34-38-35(23-19-22-11-6-14-26-24-12-4-5-13-25(24)28(20-23)31(22)26)40-36(39-34)27-15-7-16-29-32(27)33-30(41-29)17-8-18-37-33/h1-20,34H,(H,38,39,40). The van der Waals surface area contributed by atoms with Crippen molar-refractivity contribution in [2.75, 3.05) is 0 Å². The Kier molecular flexibility index (Phi) is 4.61. The summed E-state index contributed by atoms with van der Waals surface area (Å²) in [6.07, 6.45) is 1.40. The molecular weight excluding hydrogens is 504 g/mol. The number of hydrogen-bond acceptors (Lipinski definition) is 5. The van der Waals surface area contributed by atoms with Crippen LogP contribution in [0.15, 0.2) is 136 Å². The number of amidine groups is 2. The Morgan fingerprint density at radius 2 is 1.29 bits per heavy atom. The minimum atomic E-state index is -0.397. The first-order valence-corrected chi connectivity index (χ1v) is 13.7. The van der Waals surface area contributed by atoms with Crippen molar-refractivity contribution in [2.45, 2.75) is 6.17 Å². The molecule has 0 radical (unpaired) electrons. The molecule has 1 unspecified atom stereocenters. The van der Waals surface area contributed by atoms with E-state index in [1.807, 2.05) is 42.5 Å². The first-order chi connectivity index (χ1) is 20.3. The van der Waals surface area contributed by atoms with Crippen LogP contribution in [0, 0.1) is 0 Å². The minimum Gasteiger partial charge on any atom is -0.454 e. The smallest absolute Gasteiger partial charge is 0.169 e. The monoisotopic (exact) mass is 526 g/mol. The Morgan fingerprint density at radius 1 is 0.561 bits per heavy atom. The molecule has 192 valence electrons. The van der Waals surface area contributed by atoms with Gasteiger partial charge in [-0.25, -0.2) is 9.98 Å². The van der Waals surface area contributed by atoms with E-state index < -0.39 is 6.17 Å². The number of aromatic nitrogens is 1. The highest BCUT2D eigenvalue weighted by Gasteiger charge is 2.26. The predicted molar refractivity (Wildman–Crippen MR) is 165 cm³/mol. The largest absolute Gasteiger partial charge is 0.454 e. The number of furan rings is 1. The maximum Gasteiger partial charge on any atom is 0.169 e. The molecule has 0 fully saturated rings. The van der Waals surface area contributed by atoms with Crippen molar-refractivity contribution in [1.82, 2.24) is 10.3 Å². The Labute approximate surface area is 235 Å². The summed E-state index contributed by atoms with van der Waals surface area (Å²) >= 11 is 0. The van der Waals surface area contributed by atoms with Crippen molar-refractivity contribution in [2.24, 2.45) is 9.98 Å². The fourth-order valence-electron chi connectivity index (χ4n) is 6.30. The van der Waals surface area contributed by atoms with Crippen LogP contribution in [0.1, 0.15) is 22.9 Å². The maximum absolute atomic E-state index is 6.15. The summed E-state index contributed by atoms with van der Waals surface area (Å²) in [5, 5.41) is 7.05. The van der Waals surface area contributed by atoms with Crippen molar-refractivity contribution in [3.8, 4) is 22.3 Å². The highest BCUT2D eigenvalue weighted by molar-refractivity contribution is 6.24. The highest BCUT2D eigenvalue weighted by atomic mass is 16.3. The third-order valence-electron chi connectivity index (χ3n) is 8.10. The molecule has 0 amide bonds. The number of rotatable bonds is 3. The van der Waals surface area contributed by atoms with Crippen LogP contribution in [-0.2, 0) is 0 Å². The van der Waals surface area contributed by atoms with E-state index in [4.69, 9.17) is 14.4 Å². The average molecular weight is 527 g/mol. The van der Waals surface area contributed by atoms with Gasteiger partial charge in [-0.3, -0.25) is 4.98 Å². The number of nitrogens with one attached hydrogen (secondary N) is 1. The van der Waals surface area contributed by atoms with Gasteiger partial charge in [0, 0.05) is 17.3 Å². The molecule has 41 heavy (non-hydrogen) atoms. The van der Waals surface area contributed by atoms with Crippen LogP contribution in [0.2, 0.25) is 0 Å². The zero-order valence-electron chi connectivity index (χ0n) is 21.9. The molecule has 0 saturated carbocycles. The Balaban J connectivity index is 1.25. The molecule has 0 saturated heterocycles. The zero-order chi connectivity index (χ0) is 26.9. The van der Waals surface area contributed by atoms with Gasteiger partial charge in [0.05, 0.1) is 5.39 Å². The number of pyridine rings is 1. The lowest BCUT2D eigenvalue weighted by Gasteiger charge is -2.23. The molecule has 5 nitrogen and oxygen atoms in total. The fraction of sp³-hybridized carbons (Fsp3) is 0.0278. The van der Waals surface area contributed by atoms with Gasteiger partial charge in [-0.15, -0.1) is 0 Å². The third-order valence-corrected chi connectivity index (χ3v) is 8.10. The van der Waals surface area contributed by atoms with Crippen molar-refractivity contribution >= 4 is 44.5 Å². The van der Waals surface area contributed by atoms with Gasteiger partial charge in [-0.2, -0.15) is 0 Å². The zero-order valence-corrected chi connectivity index (χ0v) is 21.9. The summed E-state index contributed by atoms with van der Waals surface area (Å²) in [6.45, 7) is 0. The number of nitrogens with zero attached hydrogens (tertiary/aromatic N) is 3. The van der Waals surface area contributed by atoms with Gasteiger partial charge in [0.15, 0.2) is 11.7 Å². The Hall–Kier alpha value is -5.55. The van der Waals surface area contributed by atoms with Crippen LogP contribution < -0.4 is 5.32 Å². The first-order valence-electron chi connectivity index (χ1n) is 13.7. The van der Waals surface area contributed by atoms with Gasteiger partial charge >= 0.3 is 0 Å². The molecule has 0 bridgehead atoms. The summed E-state index contributed by atoms with van der Waals surface area (Å²) in [5.74, 6) is 1.53. The molecular formula is C36H22N4O. The van der Waals surface area contributed by atoms with E-state index in [2.05, 4.69) is 83.1 Å². The van der Waals surface area contributed by atoms with Gasteiger partial charge in [0.1, 0.15) is 22.8 Å². The molecule has 3 heterocycles. The van der Waals surface area contributed by atoms with Crippen molar-refractivity contribution < 1.29 is 4.42 Å². The van der Waals surface area contributed by atoms with E-state index in [1.165, 1.54) is 33.0 Å². The molecule has 1 atom stereocenters. The Bertz CT molecular complexity index is 2240. The second-order valence-electron chi connectivity index (χ2n) is 10.5. The Morgan fingerprint density at radius 3 is 2.20 bits per heavy atom. The lowest BCUT2D eigenvalue weighted by Crippen LogP contribution is -2.36. The topological polar surface area (TPSA) is 62.8 Å². The molecule has 1 N–H and O–H groups in total. The second kappa shape index (κ2) is 8.47. The molecule has 5 heteroatoms. The van der Waals surface area contributed by atoms with E-state index in [0.717, 1.165) is 50.4 Å². The van der Waals surface area contributed by atoms with Crippen LogP contribution in [0.4, 0.5) is 0 Å². The molecule has 2 aliphatic rings. The van der Waals surface area contributed by atoms with Crippen LogP contribution in [0.5, 0.6) is 0 Å². The summed E-state index contributed by atoms with van der Waals surface area (Å²) in [7, 11) is 0. The fourth-order valence-corrected chi connectivity index (χ4v) is 6.30. The minimum absolute atomic E-state index is 0.397. The van der Waals surface area contributed by atoms with Gasteiger partial charge in [-0.1, -0.05) is 84.9 Å². The molecule has 5 aromatic carbocycles. The maximum atomic E-state index is 6.15. The number of hydrogen-bond donors (Lipinski definition) is 1. The summed E-state index contributed by atoms with van der Waals surface area (Å²) in [4.78, 5) is 15.0.